The Hall–Kier alpha value is -2.48. The zero-order chi connectivity index (χ0) is 15.0. The highest BCUT2D eigenvalue weighted by Gasteiger charge is 2.25. The number of aliphatic hydroxyl groups is 1. The van der Waals surface area contributed by atoms with E-state index in [1.54, 1.807) is 25.4 Å². The van der Waals surface area contributed by atoms with E-state index in [-0.39, 0.29) is 5.69 Å². The third-order valence-corrected chi connectivity index (χ3v) is 3.66. The van der Waals surface area contributed by atoms with Crippen molar-refractivity contribution in [2.45, 2.75) is 26.1 Å². The number of fused-ring (bicyclic) bond motifs is 1. The molecular weight excluding hydrogens is 274 g/mol. The number of aromatic nitrogens is 3. The van der Waals surface area contributed by atoms with E-state index in [0.29, 0.717) is 30.9 Å². The summed E-state index contributed by atoms with van der Waals surface area (Å²) in [5.74, 6) is 0.787. The topological polar surface area (TPSA) is 97.3 Å². The fourth-order valence-electron chi connectivity index (χ4n) is 2.49. The molecule has 1 atom stereocenters. The van der Waals surface area contributed by atoms with Crippen LogP contribution in [0.25, 0.3) is 0 Å². The number of anilines is 1. The Morgan fingerprint density at radius 3 is 2.95 bits per heavy atom. The molecule has 1 aromatic carbocycles. The molecule has 0 aliphatic carbocycles. The van der Waals surface area contributed by atoms with Gasteiger partial charge in [0.2, 0.25) is 0 Å². The van der Waals surface area contributed by atoms with Crippen molar-refractivity contribution < 1.29 is 10.0 Å². The summed E-state index contributed by atoms with van der Waals surface area (Å²) in [6.07, 6.45) is 0.930. The van der Waals surface area contributed by atoms with Gasteiger partial charge in [-0.2, -0.15) is 0 Å². The van der Waals surface area contributed by atoms with Crippen LogP contribution < -0.4 is 4.90 Å². The second-order valence-electron chi connectivity index (χ2n) is 5.04. The molecule has 0 fully saturated rings. The van der Waals surface area contributed by atoms with Crippen molar-refractivity contribution in [2.75, 3.05) is 11.4 Å². The van der Waals surface area contributed by atoms with Gasteiger partial charge in [0.05, 0.1) is 17.6 Å². The van der Waals surface area contributed by atoms with Gasteiger partial charge in [-0.15, -0.1) is 10.2 Å². The quantitative estimate of drug-likeness (QED) is 0.675. The van der Waals surface area contributed by atoms with Gasteiger partial charge in [0.25, 0.3) is 5.69 Å². The first-order chi connectivity index (χ1) is 10.1. The zero-order valence-electron chi connectivity index (χ0n) is 11.5. The minimum Gasteiger partial charge on any atom is -0.389 e. The molecule has 0 bridgehead atoms. The largest absolute Gasteiger partial charge is 0.389 e. The first-order valence-corrected chi connectivity index (χ1v) is 6.64. The number of rotatable bonds is 3. The molecule has 8 nitrogen and oxygen atoms in total. The van der Waals surface area contributed by atoms with Gasteiger partial charge >= 0.3 is 0 Å². The maximum Gasteiger partial charge on any atom is 0.292 e. The van der Waals surface area contributed by atoms with Crippen molar-refractivity contribution in [2.24, 2.45) is 0 Å². The second-order valence-corrected chi connectivity index (χ2v) is 5.04. The van der Waals surface area contributed by atoms with E-state index >= 15 is 0 Å². The number of nitro benzene ring substituents is 1. The molecule has 2 aromatic rings. The summed E-state index contributed by atoms with van der Waals surface area (Å²) in [7, 11) is 0. The maximum absolute atomic E-state index is 11.3. The predicted octanol–water partition coefficient (Wildman–Crippen LogP) is 1.26. The number of nitrogens with zero attached hydrogens (tertiary/aromatic N) is 5. The molecule has 0 saturated heterocycles. The van der Waals surface area contributed by atoms with Crippen molar-refractivity contribution in [1.82, 2.24) is 14.8 Å². The van der Waals surface area contributed by atoms with Gasteiger partial charge in [0.15, 0.2) is 5.82 Å². The Bertz CT molecular complexity index is 682. The summed E-state index contributed by atoms with van der Waals surface area (Å²) in [4.78, 5) is 12.8. The molecule has 0 spiro atoms. The average molecular weight is 289 g/mol. The number of nitro groups is 1. The lowest BCUT2D eigenvalue weighted by atomic mass is 10.1. The van der Waals surface area contributed by atoms with E-state index < -0.39 is 11.0 Å². The van der Waals surface area contributed by atoms with Gasteiger partial charge in [-0.05, 0) is 18.6 Å². The van der Waals surface area contributed by atoms with Crippen LogP contribution in [-0.4, -0.2) is 31.3 Å². The van der Waals surface area contributed by atoms with Crippen LogP contribution in [0.4, 0.5) is 11.4 Å². The monoisotopic (exact) mass is 289 g/mol. The van der Waals surface area contributed by atoms with E-state index in [9.17, 15) is 15.2 Å². The Balaban J connectivity index is 1.97. The predicted molar refractivity (Wildman–Crippen MR) is 74.8 cm³/mol. The molecule has 1 aliphatic heterocycles. The Labute approximate surface area is 120 Å². The number of hydrogen-bond donors (Lipinski definition) is 1. The van der Waals surface area contributed by atoms with E-state index in [1.807, 2.05) is 9.47 Å². The van der Waals surface area contributed by atoms with E-state index in [0.717, 1.165) is 5.82 Å². The molecule has 8 heteroatoms. The van der Waals surface area contributed by atoms with E-state index in [4.69, 9.17) is 0 Å². The van der Waals surface area contributed by atoms with Crippen LogP contribution in [0.1, 0.15) is 24.4 Å². The van der Waals surface area contributed by atoms with Crippen LogP contribution in [0.2, 0.25) is 0 Å². The van der Waals surface area contributed by atoms with Gasteiger partial charge in [-0.1, -0.05) is 6.07 Å². The highest BCUT2D eigenvalue weighted by molar-refractivity contribution is 5.64. The lowest BCUT2D eigenvalue weighted by Gasteiger charge is -2.28. The van der Waals surface area contributed by atoms with Crippen LogP contribution in [0.3, 0.4) is 0 Å². The average Bonchev–Trinajstić information content (AvgIpc) is 2.93. The Morgan fingerprint density at radius 1 is 1.43 bits per heavy atom. The van der Waals surface area contributed by atoms with Crippen molar-refractivity contribution in [3.8, 4) is 0 Å². The van der Waals surface area contributed by atoms with Gasteiger partial charge in [-0.25, -0.2) is 0 Å². The molecular formula is C13H15N5O3. The molecule has 110 valence electrons. The van der Waals surface area contributed by atoms with Crippen molar-refractivity contribution in [1.29, 1.82) is 0 Å². The second kappa shape index (κ2) is 5.13. The van der Waals surface area contributed by atoms with Crippen LogP contribution in [0.15, 0.2) is 24.5 Å². The van der Waals surface area contributed by atoms with Crippen molar-refractivity contribution >= 4 is 11.4 Å². The minimum atomic E-state index is -0.734. The molecule has 21 heavy (non-hydrogen) atoms. The van der Waals surface area contributed by atoms with Crippen LogP contribution >= 0.6 is 0 Å². The third-order valence-electron chi connectivity index (χ3n) is 3.66. The summed E-state index contributed by atoms with van der Waals surface area (Å²) in [5.41, 5.74) is 1.07. The lowest BCUT2D eigenvalue weighted by molar-refractivity contribution is -0.384. The third kappa shape index (κ3) is 2.45. The molecule has 1 N–H and O–H groups in total. The molecule has 0 saturated carbocycles. The van der Waals surface area contributed by atoms with E-state index in [1.165, 1.54) is 6.07 Å². The maximum atomic E-state index is 11.3. The number of hydrogen-bond acceptors (Lipinski definition) is 6. The molecule has 0 radical (unpaired) electrons. The van der Waals surface area contributed by atoms with Crippen LogP contribution in [-0.2, 0) is 13.1 Å². The van der Waals surface area contributed by atoms with Crippen molar-refractivity contribution in [3.05, 3.63) is 46.0 Å². The number of benzene rings is 1. The van der Waals surface area contributed by atoms with Gasteiger partial charge in [-0.3, -0.25) is 10.1 Å². The Morgan fingerprint density at radius 2 is 2.24 bits per heavy atom. The fourth-order valence-corrected chi connectivity index (χ4v) is 2.49. The van der Waals surface area contributed by atoms with Gasteiger partial charge in [0.1, 0.15) is 12.0 Å². The summed E-state index contributed by atoms with van der Waals surface area (Å²) in [5, 5.41) is 28.7. The van der Waals surface area contributed by atoms with Crippen molar-refractivity contribution in [3.63, 3.8) is 0 Å². The normalized spacial score (nSPS) is 15.6. The SMILES string of the molecule is CC(O)c1ccc(N2CCn3cnnc3C2)c([N+](=O)[O-])c1. The smallest absolute Gasteiger partial charge is 0.292 e. The highest BCUT2D eigenvalue weighted by atomic mass is 16.6. The summed E-state index contributed by atoms with van der Waals surface area (Å²) in [6, 6.07) is 4.83. The lowest BCUT2D eigenvalue weighted by Crippen LogP contribution is -2.34. The molecule has 1 aliphatic rings. The molecule has 3 rings (SSSR count). The molecule has 1 unspecified atom stereocenters. The molecule has 2 heterocycles. The zero-order valence-corrected chi connectivity index (χ0v) is 11.5. The van der Waals surface area contributed by atoms with Crippen LogP contribution in [0, 0.1) is 10.1 Å². The summed E-state index contributed by atoms with van der Waals surface area (Å²) < 4.78 is 1.94. The first-order valence-electron chi connectivity index (χ1n) is 6.64. The Kier molecular flexibility index (Phi) is 3.30. The first kappa shape index (κ1) is 13.5. The number of aliphatic hydroxyl groups excluding tert-OH is 1. The molecule has 0 amide bonds. The van der Waals surface area contributed by atoms with Gasteiger partial charge < -0.3 is 14.6 Å². The molecule has 1 aromatic heterocycles. The van der Waals surface area contributed by atoms with Gasteiger partial charge in [0, 0.05) is 19.2 Å². The highest BCUT2D eigenvalue weighted by Crippen LogP contribution is 2.32. The van der Waals surface area contributed by atoms with E-state index in [2.05, 4.69) is 10.2 Å². The van der Waals surface area contributed by atoms with Crippen LogP contribution in [0.5, 0.6) is 0 Å². The summed E-state index contributed by atoms with van der Waals surface area (Å²) >= 11 is 0. The summed E-state index contributed by atoms with van der Waals surface area (Å²) in [6.45, 7) is 3.41. The fraction of sp³-hybridized carbons (Fsp3) is 0.385. The minimum absolute atomic E-state index is 0.00126. The standard InChI is InChI=1S/C13H15N5O3/c1-9(19)10-2-3-11(12(6-10)18(20)21)16-4-5-17-8-14-15-13(17)7-16/h2-3,6,8-9,19H,4-5,7H2,1H3.